The van der Waals surface area contributed by atoms with E-state index in [0.717, 1.165) is 24.3 Å². The molecular weight excluding hydrogens is 310 g/mol. The maximum absolute atomic E-state index is 12.2. The van der Waals surface area contributed by atoms with Crippen molar-refractivity contribution < 1.29 is 18.1 Å². The van der Waals surface area contributed by atoms with Crippen LogP contribution in [-0.4, -0.2) is 23.7 Å². The highest BCUT2D eigenvalue weighted by Gasteiger charge is 2.27. The number of non-ortho nitro benzene ring substituents is 1. The van der Waals surface area contributed by atoms with E-state index in [2.05, 4.69) is 0 Å². The monoisotopic (exact) mass is 321 g/mol. The minimum absolute atomic E-state index is 0.0763. The van der Waals surface area contributed by atoms with Gasteiger partial charge in [-0.3, -0.25) is 14.9 Å². The number of nitro benzene ring substituents is 1. The van der Waals surface area contributed by atoms with Crippen molar-refractivity contribution in [3.05, 3.63) is 70.3 Å². The van der Waals surface area contributed by atoms with Crippen LogP contribution in [-0.2, 0) is 10.0 Å². The fourth-order valence-corrected chi connectivity index (χ4v) is 2.72. The van der Waals surface area contributed by atoms with Crippen LogP contribution in [0.4, 0.5) is 5.69 Å². The van der Waals surface area contributed by atoms with Crippen molar-refractivity contribution >= 4 is 21.6 Å². The normalized spacial score (nSPS) is 11.0. The lowest BCUT2D eigenvalue weighted by molar-refractivity contribution is -0.384. The van der Waals surface area contributed by atoms with E-state index in [1.165, 1.54) is 24.3 Å². The Morgan fingerprint density at radius 3 is 2.09 bits per heavy atom. The maximum Gasteiger partial charge on any atom is 0.282 e. The molecule has 0 saturated heterocycles. The first-order valence-corrected chi connectivity index (χ1v) is 7.42. The number of nitrogens with zero attached hydrogens (tertiary/aromatic N) is 2. The fraction of sp³-hybridized carbons (Fsp3) is 0. The smallest absolute Gasteiger partial charge is 0.266 e. The molecule has 0 saturated carbocycles. The van der Waals surface area contributed by atoms with Crippen LogP contribution < -0.4 is 5.84 Å². The summed E-state index contributed by atoms with van der Waals surface area (Å²) in [5, 5.41) is 10.5. The summed E-state index contributed by atoms with van der Waals surface area (Å²) in [5.41, 5.74) is -0.293. The molecule has 0 atom stereocenters. The maximum atomic E-state index is 12.2. The lowest BCUT2D eigenvalue weighted by Crippen LogP contribution is -2.42. The standard InChI is InChI=1S/C13H11N3O5S/c14-15(22(20,21)12-4-2-1-3-5-12)13(17)10-6-8-11(9-7-10)16(18)19/h1-9H,14H2. The summed E-state index contributed by atoms with van der Waals surface area (Å²) in [6.07, 6.45) is 0. The Labute approximate surface area is 125 Å². The highest BCUT2D eigenvalue weighted by molar-refractivity contribution is 7.89. The van der Waals surface area contributed by atoms with Gasteiger partial charge in [0.25, 0.3) is 21.6 Å². The number of amides is 1. The third-order valence-corrected chi connectivity index (χ3v) is 4.38. The molecular formula is C13H11N3O5S. The molecule has 0 bridgehead atoms. The molecule has 22 heavy (non-hydrogen) atoms. The van der Waals surface area contributed by atoms with Gasteiger partial charge in [0.1, 0.15) is 0 Å². The highest BCUT2D eigenvalue weighted by Crippen LogP contribution is 2.17. The Kier molecular flexibility index (Phi) is 4.20. The number of nitrogens with two attached hydrogens (primary N) is 1. The number of benzene rings is 2. The van der Waals surface area contributed by atoms with Crippen molar-refractivity contribution in [3.8, 4) is 0 Å². The molecule has 1 amide bonds. The zero-order valence-corrected chi connectivity index (χ0v) is 11.9. The first kappa shape index (κ1) is 15.6. The number of hydrazine groups is 1. The van der Waals surface area contributed by atoms with Crippen LogP contribution in [0.15, 0.2) is 59.5 Å². The van der Waals surface area contributed by atoms with Gasteiger partial charge in [0.2, 0.25) is 0 Å². The molecule has 2 aromatic carbocycles. The zero-order chi connectivity index (χ0) is 16.3. The van der Waals surface area contributed by atoms with Crippen LogP contribution in [0.5, 0.6) is 0 Å². The molecule has 0 radical (unpaired) electrons. The number of hydrogen-bond acceptors (Lipinski definition) is 6. The summed E-state index contributed by atoms with van der Waals surface area (Å²) in [7, 11) is -4.19. The number of carbonyl (C=O) groups excluding carboxylic acids is 1. The van der Waals surface area contributed by atoms with Gasteiger partial charge in [-0.1, -0.05) is 18.2 Å². The van der Waals surface area contributed by atoms with Crippen LogP contribution in [0, 0.1) is 10.1 Å². The third-order valence-electron chi connectivity index (χ3n) is 2.83. The van der Waals surface area contributed by atoms with Crippen LogP contribution >= 0.6 is 0 Å². The van der Waals surface area contributed by atoms with Crippen molar-refractivity contribution in [3.63, 3.8) is 0 Å². The van der Waals surface area contributed by atoms with E-state index in [9.17, 15) is 23.3 Å². The molecule has 0 aliphatic heterocycles. The largest absolute Gasteiger partial charge is 0.282 e. The Morgan fingerprint density at radius 2 is 1.59 bits per heavy atom. The molecule has 2 aromatic rings. The number of carbonyl (C=O) groups is 1. The topological polar surface area (TPSA) is 124 Å². The zero-order valence-electron chi connectivity index (χ0n) is 11.1. The lowest BCUT2D eigenvalue weighted by atomic mass is 10.2. The second-order valence-electron chi connectivity index (χ2n) is 4.22. The van der Waals surface area contributed by atoms with E-state index in [0.29, 0.717) is 0 Å². The van der Waals surface area contributed by atoms with Gasteiger partial charge in [-0.2, -0.15) is 12.8 Å². The average molecular weight is 321 g/mol. The first-order chi connectivity index (χ1) is 10.3. The highest BCUT2D eigenvalue weighted by atomic mass is 32.2. The summed E-state index contributed by atoms with van der Waals surface area (Å²) in [6.45, 7) is 0. The van der Waals surface area contributed by atoms with Gasteiger partial charge in [0.05, 0.1) is 9.82 Å². The predicted molar refractivity (Wildman–Crippen MR) is 77.1 cm³/mol. The summed E-state index contributed by atoms with van der Waals surface area (Å²) >= 11 is 0. The minimum Gasteiger partial charge on any atom is -0.266 e. The van der Waals surface area contributed by atoms with Gasteiger partial charge in [0, 0.05) is 17.7 Å². The summed E-state index contributed by atoms with van der Waals surface area (Å²) < 4.78 is 24.5. The number of hydrogen-bond donors (Lipinski definition) is 1. The van der Waals surface area contributed by atoms with Gasteiger partial charge in [0.15, 0.2) is 0 Å². The Balaban J connectivity index is 2.31. The van der Waals surface area contributed by atoms with Crippen molar-refractivity contribution in [2.75, 3.05) is 0 Å². The number of rotatable bonds is 4. The van der Waals surface area contributed by atoms with Crippen molar-refractivity contribution in [2.24, 2.45) is 5.84 Å². The molecule has 9 heteroatoms. The van der Waals surface area contributed by atoms with Gasteiger partial charge in [-0.15, -0.1) is 0 Å². The minimum atomic E-state index is -4.19. The molecule has 2 N–H and O–H groups in total. The summed E-state index contributed by atoms with van der Waals surface area (Å²) in [6, 6.07) is 11.7. The van der Waals surface area contributed by atoms with E-state index < -0.39 is 20.9 Å². The Hall–Kier alpha value is -2.78. The molecule has 0 fully saturated rings. The van der Waals surface area contributed by atoms with Gasteiger partial charge >= 0.3 is 0 Å². The molecule has 0 aliphatic carbocycles. The van der Waals surface area contributed by atoms with Crippen molar-refractivity contribution in [2.45, 2.75) is 4.90 Å². The van der Waals surface area contributed by atoms with E-state index >= 15 is 0 Å². The van der Waals surface area contributed by atoms with E-state index in [4.69, 9.17) is 5.84 Å². The van der Waals surface area contributed by atoms with Crippen LogP contribution in [0.1, 0.15) is 10.4 Å². The van der Waals surface area contributed by atoms with Crippen LogP contribution in [0.2, 0.25) is 0 Å². The number of sulfonamides is 1. The van der Waals surface area contributed by atoms with Crippen molar-refractivity contribution in [1.82, 2.24) is 4.41 Å². The molecule has 2 rings (SSSR count). The fourth-order valence-electron chi connectivity index (χ4n) is 1.67. The van der Waals surface area contributed by atoms with Crippen LogP contribution in [0.3, 0.4) is 0 Å². The van der Waals surface area contributed by atoms with Gasteiger partial charge < -0.3 is 0 Å². The number of nitro groups is 1. The van der Waals surface area contributed by atoms with Gasteiger partial charge in [-0.25, -0.2) is 5.84 Å². The molecule has 114 valence electrons. The SMILES string of the molecule is NN(C(=O)c1ccc([N+](=O)[O-])cc1)S(=O)(=O)c1ccccc1. The van der Waals surface area contributed by atoms with Crippen molar-refractivity contribution in [1.29, 1.82) is 0 Å². The molecule has 0 aliphatic rings. The van der Waals surface area contributed by atoms with Crippen LogP contribution in [0.25, 0.3) is 0 Å². The molecule has 0 aromatic heterocycles. The Bertz CT molecular complexity index is 803. The summed E-state index contributed by atoms with van der Waals surface area (Å²) in [5.74, 6) is 4.43. The second-order valence-corrected chi connectivity index (χ2v) is 6.04. The quantitative estimate of drug-likeness (QED) is 0.392. The average Bonchev–Trinajstić information content (AvgIpc) is 2.54. The second kappa shape index (κ2) is 5.92. The first-order valence-electron chi connectivity index (χ1n) is 5.98. The molecule has 0 heterocycles. The summed E-state index contributed by atoms with van der Waals surface area (Å²) in [4.78, 5) is 21.9. The molecule has 0 unspecified atom stereocenters. The lowest BCUT2D eigenvalue weighted by Gasteiger charge is -2.16. The third kappa shape index (κ3) is 2.95. The molecule has 0 spiro atoms. The predicted octanol–water partition coefficient (Wildman–Crippen LogP) is 1.30. The molecule has 8 nitrogen and oxygen atoms in total. The van der Waals surface area contributed by atoms with Gasteiger partial charge in [-0.05, 0) is 24.3 Å². The Morgan fingerprint density at radius 1 is 1.05 bits per heavy atom. The van der Waals surface area contributed by atoms with E-state index in [1.54, 1.807) is 6.07 Å². The van der Waals surface area contributed by atoms with E-state index in [-0.39, 0.29) is 20.6 Å². The van der Waals surface area contributed by atoms with E-state index in [1.807, 2.05) is 0 Å².